The zero-order valence-corrected chi connectivity index (χ0v) is 10.4. The van der Waals surface area contributed by atoms with E-state index in [1.54, 1.807) is 0 Å². The molecule has 0 saturated heterocycles. The maximum Gasteiger partial charge on any atom is 0.433 e. The molecule has 0 aromatic carbocycles. The summed E-state index contributed by atoms with van der Waals surface area (Å²) in [6, 6.07) is 0. The Balaban J connectivity index is 3.41. The maximum atomic E-state index is 12.4. The van der Waals surface area contributed by atoms with Crippen molar-refractivity contribution in [1.29, 1.82) is 0 Å². The average molecular weight is 371 g/mol. The van der Waals surface area contributed by atoms with Gasteiger partial charge in [0.15, 0.2) is 0 Å². The minimum Gasteiger partial charge on any atom is -0.251 e. The SMILES string of the molecule is FC(F)c1cnc(C(F)(F)F)c(CCl)c1I. The molecule has 0 fully saturated rings. The number of hydrogen-bond acceptors (Lipinski definition) is 1. The Labute approximate surface area is 106 Å². The first-order chi connectivity index (χ1) is 7.29. The van der Waals surface area contributed by atoms with Gasteiger partial charge in [0.2, 0.25) is 0 Å². The molecule has 0 aliphatic rings. The third-order valence-corrected chi connectivity index (χ3v) is 3.32. The first-order valence-corrected chi connectivity index (χ1v) is 5.49. The number of pyridine rings is 1. The van der Waals surface area contributed by atoms with Gasteiger partial charge in [-0.1, -0.05) is 0 Å². The molecule has 0 amide bonds. The second-order valence-corrected chi connectivity index (χ2v) is 4.13. The third-order valence-electron chi connectivity index (χ3n) is 1.77. The standard InChI is InChI=1S/C8H4ClF5IN/c9-1-3-5(15)4(7(10)11)2-16-6(3)8(12,13)14/h2,7H,1H2. The summed E-state index contributed by atoms with van der Waals surface area (Å²) in [6.45, 7) is 0. The molecule has 8 heteroatoms. The van der Waals surface area contributed by atoms with E-state index in [9.17, 15) is 22.0 Å². The maximum absolute atomic E-state index is 12.4. The highest BCUT2D eigenvalue weighted by Gasteiger charge is 2.37. The Morgan fingerprint density at radius 3 is 2.31 bits per heavy atom. The largest absolute Gasteiger partial charge is 0.433 e. The van der Waals surface area contributed by atoms with Crippen LogP contribution in [-0.2, 0) is 12.1 Å². The number of aromatic nitrogens is 1. The lowest BCUT2D eigenvalue weighted by Crippen LogP contribution is -2.14. The predicted molar refractivity (Wildman–Crippen MR) is 56.5 cm³/mol. The van der Waals surface area contributed by atoms with E-state index in [0.29, 0.717) is 6.20 Å². The van der Waals surface area contributed by atoms with E-state index in [1.807, 2.05) is 0 Å². The molecule has 0 unspecified atom stereocenters. The average Bonchev–Trinajstić information content (AvgIpc) is 2.15. The van der Waals surface area contributed by atoms with Crippen LogP contribution >= 0.6 is 34.2 Å². The van der Waals surface area contributed by atoms with Crippen molar-refractivity contribution in [1.82, 2.24) is 4.98 Å². The van der Waals surface area contributed by atoms with E-state index in [-0.39, 0.29) is 3.57 Å². The Hall–Kier alpha value is -0.180. The Kier molecular flexibility index (Phi) is 4.33. The summed E-state index contributed by atoms with van der Waals surface area (Å²) in [5.74, 6) is -0.513. The van der Waals surface area contributed by atoms with E-state index in [4.69, 9.17) is 11.6 Å². The molecule has 0 N–H and O–H groups in total. The van der Waals surface area contributed by atoms with E-state index in [1.165, 1.54) is 22.6 Å². The van der Waals surface area contributed by atoms with Gasteiger partial charge in [0.1, 0.15) is 5.69 Å². The van der Waals surface area contributed by atoms with Crippen LogP contribution in [0.15, 0.2) is 6.20 Å². The second-order valence-electron chi connectivity index (χ2n) is 2.79. The van der Waals surface area contributed by atoms with Gasteiger partial charge in [-0.15, -0.1) is 11.6 Å². The first-order valence-electron chi connectivity index (χ1n) is 3.87. The molecule has 0 aliphatic heterocycles. The van der Waals surface area contributed by atoms with Gasteiger partial charge in [-0.05, 0) is 22.6 Å². The Bertz CT molecular complexity index is 393. The highest BCUT2D eigenvalue weighted by molar-refractivity contribution is 14.1. The molecule has 1 aromatic rings. The summed E-state index contributed by atoms with van der Waals surface area (Å²) in [4.78, 5) is 3.01. The monoisotopic (exact) mass is 371 g/mol. The van der Waals surface area contributed by atoms with Crippen molar-refractivity contribution in [3.63, 3.8) is 0 Å². The summed E-state index contributed by atoms with van der Waals surface area (Å²) in [7, 11) is 0. The van der Waals surface area contributed by atoms with E-state index < -0.39 is 35.3 Å². The van der Waals surface area contributed by atoms with Gasteiger partial charge in [-0.25, -0.2) is 8.78 Å². The van der Waals surface area contributed by atoms with E-state index in [2.05, 4.69) is 4.98 Å². The molecule has 1 heterocycles. The van der Waals surface area contributed by atoms with Crippen molar-refractivity contribution in [3.8, 4) is 0 Å². The van der Waals surface area contributed by atoms with Gasteiger partial charge in [0.05, 0.1) is 5.88 Å². The van der Waals surface area contributed by atoms with Gasteiger partial charge >= 0.3 is 6.18 Å². The van der Waals surface area contributed by atoms with Crippen molar-refractivity contribution in [2.75, 3.05) is 0 Å². The molecular formula is C8H4ClF5IN. The molecule has 0 saturated carbocycles. The summed E-state index contributed by atoms with van der Waals surface area (Å²) < 4.78 is 61.9. The van der Waals surface area contributed by atoms with Gasteiger partial charge in [-0.2, -0.15) is 13.2 Å². The molecule has 1 aromatic heterocycles. The molecule has 0 aliphatic carbocycles. The van der Waals surface area contributed by atoms with Crippen LogP contribution in [0.2, 0.25) is 0 Å². The van der Waals surface area contributed by atoms with Gasteiger partial charge in [0.25, 0.3) is 6.43 Å². The molecule has 0 bridgehead atoms. The number of halogens is 7. The lowest BCUT2D eigenvalue weighted by molar-refractivity contribution is -0.141. The van der Waals surface area contributed by atoms with Gasteiger partial charge < -0.3 is 0 Å². The molecule has 1 rings (SSSR count). The molecule has 0 spiro atoms. The Morgan fingerprint density at radius 1 is 1.38 bits per heavy atom. The highest BCUT2D eigenvalue weighted by atomic mass is 127. The van der Waals surface area contributed by atoms with Gasteiger partial charge in [0, 0.05) is 20.9 Å². The summed E-state index contributed by atoms with van der Waals surface area (Å²) in [5, 5.41) is 0. The lowest BCUT2D eigenvalue weighted by Gasteiger charge is -2.14. The topological polar surface area (TPSA) is 12.9 Å². The number of hydrogen-bond donors (Lipinski definition) is 0. The van der Waals surface area contributed by atoms with Crippen LogP contribution < -0.4 is 0 Å². The van der Waals surface area contributed by atoms with E-state index in [0.717, 1.165) is 0 Å². The van der Waals surface area contributed by atoms with E-state index >= 15 is 0 Å². The van der Waals surface area contributed by atoms with Crippen LogP contribution in [0, 0.1) is 3.57 Å². The van der Waals surface area contributed by atoms with Crippen LogP contribution in [0.1, 0.15) is 23.2 Å². The predicted octanol–water partition coefficient (Wildman–Crippen LogP) is 4.38. The van der Waals surface area contributed by atoms with Gasteiger partial charge in [-0.3, -0.25) is 4.98 Å². The second kappa shape index (κ2) is 4.99. The summed E-state index contributed by atoms with van der Waals surface area (Å²) in [5.41, 5.74) is -2.16. The minimum atomic E-state index is -4.69. The number of alkyl halides is 6. The normalized spacial score (nSPS) is 12.2. The highest BCUT2D eigenvalue weighted by Crippen LogP contribution is 2.36. The van der Waals surface area contributed by atoms with Crippen LogP contribution in [0.3, 0.4) is 0 Å². The zero-order chi connectivity index (χ0) is 12.5. The van der Waals surface area contributed by atoms with Crippen LogP contribution in [0.4, 0.5) is 22.0 Å². The first kappa shape index (κ1) is 13.9. The molecule has 0 atom stereocenters. The summed E-state index contributed by atoms with van der Waals surface area (Å²) in [6.07, 6.45) is -7.03. The third kappa shape index (κ3) is 2.73. The Morgan fingerprint density at radius 2 is 1.94 bits per heavy atom. The minimum absolute atomic E-state index is 0.190. The van der Waals surface area contributed by atoms with Crippen molar-refractivity contribution in [2.45, 2.75) is 18.5 Å². The summed E-state index contributed by atoms with van der Waals surface area (Å²) >= 11 is 6.75. The quantitative estimate of drug-likeness (QED) is 0.427. The fraction of sp³-hybridized carbons (Fsp3) is 0.375. The molecule has 16 heavy (non-hydrogen) atoms. The number of rotatable bonds is 2. The van der Waals surface area contributed by atoms with Crippen molar-refractivity contribution in [2.24, 2.45) is 0 Å². The zero-order valence-electron chi connectivity index (χ0n) is 7.45. The fourth-order valence-corrected chi connectivity index (χ4v) is 2.37. The smallest absolute Gasteiger partial charge is 0.251 e. The number of nitrogens with zero attached hydrogens (tertiary/aromatic N) is 1. The lowest BCUT2D eigenvalue weighted by atomic mass is 10.1. The molecular weight excluding hydrogens is 367 g/mol. The fourth-order valence-electron chi connectivity index (χ4n) is 1.07. The van der Waals surface area contributed by atoms with Crippen LogP contribution in [-0.4, -0.2) is 4.98 Å². The van der Waals surface area contributed by atoms with Crippen molar-refractivity contribution in [3.05, 3.63) is 26.6 Å². The van der Waals surface area contributed by atoms with Crippen LogP contribution in [0.25, 0.3) is 0 Å². The molecule has 1 nitrogen and oxygen atoms in total. The molecule has 0 radical (unpaired) electrons. The van der Waals surface area contributed by atoms with Crippen molar-refractivity contribution >= 4 is 34.2 Å². The van der Waals surface area contributed by atoms with Crippen LogP contribution in [0.5, 0.6) is 0 Å². The van der Waals surface area contributed by atoms with Crippen molar-refractivity contribution < 1.29 is 22.0 Å². The molecule has 90 valence electrons.